The van der Waals surface area contributed by atoms with Gasteiger partial charge in [-0.05, 0) is 32.4 Å². The van der Waals surface area contributed by atoms with Crippen molar-refractivity contribution in [3.63, 3.8) is 0 Å². The van der Waals surface area contributed by atoms with Crippen LogP contribution in [0.15, 0.2) is 29.2 Å². The van der Waals surface area contributed by atoms with Crippen molar-refractivity contribution < 1.29 is 4.74 Å². The molecule has 1 aromatic rings. The molecule has 1 unspecified atom stereocenters. The maximum absolute atomic E-state index is 11.5. The van der Waals surface area contributed by atoms with Crippen molar-refractivity contribution in [1.82, 2.24) is 9.88 Å². The Kier molecular flexibility index (Phi) is 3.97. The Hall–Kier alpha value is -1.13. The molecule has 0 aromatic carbocycles. The molecule has 0 saturated carbocycles. The van der Waals surface area contributed by atoms with E-state index in [0.29, 0.717) is 13.2 Å². The third-order valence-electron chi connectivity index (χ3n) is 3.24. The average Bonchev–Trinajstić information content (AvgIpc) is 2.32. The molecule has 0 radical (unpaired) electrons. The number of pyridine rings is 1. The van der Waals surface area contributed by atoms with Gasteiger partial charge in [-0.1, -0.05) is 6.07 Å². The van der Waals surface area contributed by atoms with Crippen molar-refractivity contribution in [3.8, 4) is 0 Å². The van der Waals surface area contributed by atoms with E-state index in [0.717, 1.165) is 25.9 Å². The Morgan fingerprint density at radius 1 is 1.53 bits per heavy atom. The normalized spacial score (nSPS) is 24.8. The minimum absolute atomic E-state index is 0.0306. The second-order valence-corrected chi connectivity index (χ2v) is 4.81. The van der Waals surface area contributed by atoms with Crippen LogP contribution in [-0.4, -0.2) is 29.9 Å². The van der Waals surface area contributed by atoms with Gasteiger partial charge >= 0.3 is 0 Å². The molecule has 0 bridgehead atoms. The van der Waals surface area contributed by atoms with Crippen molar-refractivity contribution in [1.29, 1.82) is 0 Å². The van der Waals surface area contributed by atoms with Crippen molar-refractivity contribution in [3.05, 3.63) is 34.7 Å². The molecular formula is C13H20N2O2. The average molecular weight is 236 g/mol. The molecular weight excluding hydrogens is 216 g/mol. The van der Waals surface area contributed by atoms with Crippen molar-refractivity contribution in [2.45, 2.75) is 31.9 Å². The fourth-order valence-corrected chi connectivity index (χ4v) is 2.19. The van der Waals surface area contributed by atoms with Gasteiger partial charge in [-0.3, -0.25) is 4.79 Å². The lowest BCUT2D eigenvalue weighted by molar-refractivity contribution is -0.0496. The van der Waals surface area contributed by atoms with E-state index in [2.05, 4.69) is 12.2 Å². The number of nitrogens with zero attached hydrogens (tertiary/aromatic N) is 1. The smallest absolute Gasteiger partial charge is 0.250 e. The summed E-state index contributed by atoms with van der Waals surface area (Å²) >= 11 is 0. The van der Waals surface area contributed by atoms with Gasteiger partial charge in [-0.2, -0.15) is 0 Å². The Morgan fingerprint density at radius 3 is 3.12 bits per heavy atom. The topological polar surface area (TPSA) is 43.3 Å². The quantitative estimate of drug-likeness (QED) is 0.848. The molecule has 1 fully saturated rings. The molecule has 0 amide bonds. The Morgan fingerprint density at radius 2 is 2.41 bits per heavy atom. The zero-order valence-corrected chi connectivity index (χ0v) is 10.3. The molecule has 0 spiro atoms. The van der Waals surface area contributed by atoms with Gasteiger partial charge in [-0.25, -0.2) is 0 Å². The molecule has 1 atom stereocenters. The summed E-state index contributed by atoms with van der Waals surface area (Å²) < 4.78 is 7.59. The summed E-state index contributed by atoms with van der Waals surface area (Å²) in [4.78, 5) is 11.5. The summed E-state index contributed by atoms with van der Waals surface area (Å²) in [6.45, 7) is 5.32. The predicted molar refractivity (Wildman–Crippen MR) is 67.2 cm³/mol. The summed E-state index contributed by atoms with van der Waals surface area (Å²) in [6, 6.07) is 5.20. The van der Waals surface area contributed by atoms with E-state index in [9.17, 15) is 4.79 Å². The largest absolute Gasteiger partial charge is 0.372 e. The van der Waals surface area contributed by atoms with Crippen molar-refractivity contribution in [2.75, 3.05) is 19.7 Å². The van der Waals surface area contributed by atoms with Crippen LogP contribution in [0.1, 0.15) is 19.8 Å². The number of aromatic nitrogens is 1. The third-order valence-corrected chi connectivity index (χ3v) is 3.24. The van der Waals surface area contributed by atoms with Crippen LogP contribution >= 0.6 is 0 Å². The van der Waals surface area contributed by atoms with Gasteiger partial charge in [0.1, 0.15) is 0 Å². The SMILES string of the molecule is CC1(OCCn2ccccc2=O)CCCNC1. The zero-order chi connectivity index (χ0) is 12.1. The lowest BCUT2D eigenvalue weighted by atomic mass is 9.96. The van der Waals surface area contributed by atoms with E-state index in [1.807, 2.05) is 6.07 Å². The fourth-order valence-electron chi connectivity index (χ4n) is 2.19. The fraction of sp³-hybridized carbons (Fsp3) is 0.615. The predicted octanol–water partition coefficient (Wildman–Crippen LogP) is 1.01. The molecule has 1 aromatic heterocycles. The van der Waals surface area contributed by atoms with E-state index < -0.39 is 0 Å². The first-order valence-electron chi connectivity index (χ1n) is 6.20. The van der Waals surface area contributed by atoms with Gasteiger partial charge in [0, 0.05) is 25.4 Å². The lowest BCUT2D eigenvalue weighted by Gasteiger charge is -2.34. The second-order valence-electron chi connectivity index (χ2n) is 4.81. The minimum Gasteiger partial charge on any atom is -0.372 e. The third kappa shape index (κ3) is 3.41. The highest BCUT2D eigenvalue weighted by molar-refractivity contribution is 4.93. The Balaban J connectivity index is 1.83. The molecule has 1 aliphatic heterocycles. The van der Waals surface area contributed by atoms with Crippen LogP contribution in [0, 0.1) is 0 Å². The molecule has 0 aliphatic carbocycles. The first-order chi connectivity index (χ1) is 8.20. The molecule has 1 saturated heterocycles. The number of piperidine rings is 1. The van der Waals surface area contributed by atoms with Crippen LogP contribution in [0.3, 0.4) is 0 Å². The molecule has 94 valence electrons. The number of rotatable bonds is 4. The van der Waals surface area contributed by atoms with Crippen LogP contribution < -0.4 is 10.9 Å². The Bertz CT molecular complexity index is 408. The second kappa shape index (κ2) is 5.47. The van der Waals surface area contributed by atoms with Gasteiger partial charge in [0.15, 0.2) is 0 Å². The van der Waals surface area contributed by atoms with Gasteiger partial charge < -0.3 is 14.6 Å². The summed E-state index contributed by atoms with van der Waals surface area (Å²) in [5.41, 5.74) is -0.0422. The first-order valence-corrected chi connectivity index (χ1v) is 6.20. The van der Waals surface area contributed by atoms with Gasteiger partial charge in [-0.15, -0.1) is 0 Å². The standard InChI is InChI=1S/C13H20N2O2/c1-13(6-4-7-14-11-13)17-10-9-15-8-3-2-5-12(15)16/h2-3,5,8,14H,4,6-7,9-11H2,1H3. The van der Waals surface area contributed by atoms with E-state index in [-0.39, 0.29) is 11.2 Å². The number of hydrogen-bond donors (Lipinski definition) is 1. The number of ether oxygens (including phenoxy) is 1. The van der Waals surface area contributed by atoms with E-state index in [1.54, 1.807) is 22.9 Å². The summed E-state index contributed by atoms with van der Waals surface area (Å²) in [5, 5.41) is 3.34. The summed E-state index contributed by atoms with van der Waals surface area (Å²) in [5.74, 6) is 0. The maximum atomic E-state index is 11.5. The molecule has 2 heterocycles. The molecule has 1 aliphatic rings. The highest BCUT2D eigenvalue weighted by atomic mass is 16.5. The zero-order valence-electron chi connectivity index (χ0n) is 10.3. The number of hydrogen-bond acceptors (Lipinski definition) is 3. The molecule has 4 heteroatoms. The van der Waals surface area contributed by atoms with Crippen molar-refractivity contribution >= 4 is 0 Å². The maximum Gasteiger partial charge on any atom is 0.250 e. The van der Waals surface area contributed by atoms with Crippen LogP contribution in [0.25, 0.3) is 0 Å². The van der Waals surface area contributed by atoms with Gasteiger partial charge in [0.05, 0.1) is 12.2 Å². The summed E-state index contributed by atoms with van der Waals surface area (Å²) in [7, 11) is 0. The highest BCUT2D eigenvalue weighted by Gasteiger charge is 2.26. The van der Waals surface area contributed by atoms with Crippen LogP contribution in [-0.2, 0) is 11.3 Å². The lowest BCUT2D eigenvalue weighted by Crippen LogP contribution is -2.45. The highest BCUT2D eigenvalue weighted by Crippen LogP contribution is 2.19. The monoisotopic (exact) mass is 236 g/mol. The minimum atomic E-state index is -0.0728. The molecule has 2 rings (SSSR count). The first kappa shape index (κ1) is 12.3. The van der Waals surface area contributed by atoms with Crippen LogP contribution in [0.4, 0.5) is 0 Å². The Labute approximate surface area is 102 Å². The molecule has 17 heavy (non-hydrogen) atoms. The van der Waals surface area contributed by atoms with Crippen molar-refractivity contribution in [2.24, 2.45) is 0 Å². The molecule has 4 nitrogen and oxygen atoms in total. The van der Waals surface area contributed by atoms with Crippen LogP contribution in [0.5, 0.6) is 0 Å². The van der Waals surface area contributed by atoms with Gasteiger partial charge in [0.2, 0.25) is 0 Å². The van der Waals surface area contributed by atoms with E-state index >= 15 is 0 Å². The van der Waals surface area contributed by atoms with Gasteiger partial charge in [0.25, 0.3) is 5.56 Å². The number of nitrogens with one attached hydrogen (secondary N) is 1. The van der Waals surface area contributed by atoms with E-state index in [4.69, 9.17) is 4.74 Å². The molecule has 1 N–H and O–H groups in total. The van der Waals surface area contributed by atoms with Crippen LogP contribution in [0.2, 0.25) is 0 Å². The van der Waals surface area contributed by atoms with E-state index in [1.165, 1.54) is 0 Å². The summed E-state index contributed by atoms with van der Waals surface area (Å²) in [6.07, 6.45) is 4.04.